The van der Waals surface area contributed by atoms with E-state index in [-0.39, 0.29) is 17.2 Å². The van der Waals surface area contributed by atoms with E-state index in [2.05, 4.69) is 11.9 Å². The number of ether oxygens (including phenoxy) is 2. The number of rotatable bonds is 5. The lowest BCUT2D eigenvalue weighted by Gasteiger charge is -2.27. The summed E-state index contributed by atoms with van der Waals surface area (Å²) in [6.45, 7) is 3.82. The van der Waals surface area contributed by atoms with Gasteiger partial charge in [0.05, 0.1) is 14.2 Å². The number of nitrogens with zero attached hydrogens (tertiary/aromatic N) is 1. The normalized spacial score (nSPS) is 15.9. The average molecular weight is 382 g/mol. The molecule has 2 amide bonds. The summed E-state index contributed by atoms with van der Waals surface area (Å²) < 4.78 is 10.9. The fourth-order valence-electron chi connectivity index (χ4n) is 2.90. The van der Waals surface area contributed by atoms with Crippen molar-refractivity contribution in [2.75, 3.05) is 20.8 Å². The summed E-state index contributed by atoms with van der Waals surface area (Å²) in [7, 11) is 3.12. The molecule has 0 radical (unpaired) electrons. The van der Waals surface area contributed by atoms with Gasteiger partial charge in [-0.2, -0.15) is 0 Å². The highest BCUT2D eigenvalue weighted by Crippen LogP contribution is 2.33. The molecular weight excluding hydrogens is 364 g/mol. The molecule has 0 bridgehead atoms. The number of thiocarbonyl (C=S) groups is 1. The Morgan fingerprint density at radius 1 is 1.19 bits per heavy atom. The third kappa shape index (κ3) is 3.41. The highest BCUT2D eigenvalue weighted by molar-refractivity contribution is 7.80. The summed E-state index contributed by atoms with van der Waals surface area (Å²) in [5.41, 5.74) is 0.553. The Hall–Kier alpha value is -3.19. The molecule has 0 atom stereocenters. The summed E-state index contributed by atoms with van der Waals surface area (Å²) in [4.78, 5) is 26.4. The fraction of sp³-hybridized carbons (Fsp3) is 0.150. The van der Waals surface area contributed by atoms with Gasteiger partial charge in [-0.3, -0.25) is 19.8 Å². The van der Waals surface area contributed by atoms with Gasteiger partial charge in [-0.05, 0) is 41.9 Å². The third-order valence-electron chi connectivity index (χ3n) is 4.21. The number of carbonyl (C=O) groups is 2. The molecule has 0 saturated carbocycles. The highest BCUT2D eigenvalue weighted by Gasteiger charge is 2.32. The van der Waals surface area contributed by atoms with Crippen LogP contribution in [0.15, 0.2) is 48.6 Å². The Morgan fingerprint density at radius 2 is 1.93 bits per heavy atom. The zero-order valence-corrected chi connectivity index (χ0v) is 15.8. The van der Waals surface area contributed by atoms with E-state index < -0.39 is 11.8 Å². The monoisotopic (exact) mass is 382 g/mol. The van der Waals surface area contributed by atoms with Crippen LogP contribution in [-0.4, -0.2) is 42.6 Å². The van der Waals surface area contributed by atoms with E-state index in [4.69, 9.17) is 21.7 Å². The van der Waals surface area contributed by atoms with Crippen molar-refractivity contribution >= 4 is 46.0 Å². The minimum Gasteiger partial charge on any atom is -0.496 e. The molecule has 1 fully saturated rings. The smallest absolute Gasteiger partial charge is 0.265 e. The number of amides is 2. The van der Waals surface area contributed by atoms with Crippen LogP contribution in [0.5, 0.6) is 11.5 Å². The number of hydrogen-bond donors (Lipinski definition) is 1. The first kappa shape index (κ1) is 18.6. The van der Waals surface area contributed by atoms with Gasteiger partial charge in [0.1, 0.15) is 17.1 Å². The van der Waals surface area contributed by atoms with Gasteiger partial charge in [0.15, 0.2) is 5.11 Å². The molecule has 0 unspecified atom stereocenters. The number of nitrogens with one attached hydrogen (secondary N) is 1. The van der Waals surface area contributed by atoms with Crippen LogP contribution in [-0.2, 0) is 9.59 Å². The molecule has 7 heteroatoms. The van der Waals surface area contributed by atoms with Crippen LogP contribution >= 0.6 is 12.2 Å². The minimum atomic E-state index is -0.549. The Balaban J connectivity index is 2.15. The molecule has 6 nitrogen and oxygen atoms in total. The predicted octanol–water partition coefficient (Wildman–Crippen LogP) is 2.67. The van der Waals surface area contributed by atoms with Crippen molar-refractivity contribution in [3.8, 4) is 11.5 Å². The molecule has 0 spiro atoms. The largest absolute Gasteiger partial charge is 0.496 e. The highest BCUT2D eigenvalue weighted by atomic mass is 32.1. The van der Waals surface area contributed by atoms with Crippen LogP contribution in [0.1, 0.15) is 5.56 Å². The van der Waals surface area contributed by atoms with Crippen molar-refractivity contribution in [2.45, 2.75) is 0 Å². The van der Waals surface area contributed by atoms with Crippen molar-refractivity contribution in [3.05, 3.63) is 54.1 Å². The van der Waals surface area contributed by atoms with Crippen LogP contribution in [0.25, 0.3) is 16.8 Å². The van der Waals surface area contributed by atoms with Crippen molar-refractivity contribution in [2.24, 2.45) is 0 Å². The second kappa shape index (κ2) is 7.59. The number of hydrogen-bond acceptors (Lipinski definition) is 5. The Labute approximate surface area is 162 Å². The van der Waals surface area contributed by atoms with Gasteiger partial charge in [0, 0.05) is 17.5 Å². The standard InChI is InChI=1S/C20H18N2O4S/c1-4-8-22-19(24)15(18(23)21-20(22)27)10-13-9-14-12(11-17(13)26-3)6-5-7-16(14)25-2/h4-7,9-11H,1,8H2,2-3H3,(H,21,23,27)/b15-10+. The molecule has 2 aromatic rings. The quantitative estimate of drug-likeness (QED) is 0.373. The maximum absolute atomic E-state index is 12.7. The molecular formula is C20H18N2O4S. The van der Waals surface area contributed by atoms with Crippen molar-refractivity contribution in [3.63, 3.8) is 0 Å². The average Bonchev–Trinajstić information content (AvgIpc) is 2.67. The molecule has 3 rings (SSSR count). The first-order valence-corrected chi connectivity index (χ1v) is 8.55. The minimum absolute atomic E-state index is 0.0296. The number of carbonyl (C=O) groups excluding carboxylic acids is 2. The summed E-state index contributed by atoms with van der Waals surface area (Å²) in [5.74, 6) is 0.189. The SMILES string of the molecule is C=CCN1C(=O)/C(=C/c2cc3c(OC)cccc3cc2OC)C(=O)NC1=S. The van der Waals surface area contributed by atoms with E-state index in [1.165, 1.54) is 18.1 Å². The fourth-order valence-corrected chi connectivity index (χ4v) is 3.15. The van der Waals surface area contributed by atoms with Crippen LogP contribution < -0.4 is 14.8 Å². The first-order valence-electron chi connectivity index (χ1n) is 8.14. The Bertz CT molecular complexity index is 997. The van der Waals surface area contributed by atoms with E-state index in [0.717, 1.165) is 10.8 Å². The molecule has 1 aliphatic rings. The molecule has 1 heterocycles. The molecule has 0 aromatic heterocycles. The van der Waals surface area contributed by atoms with Gasteiger partial charge in [-0.1, -0.05) is 18.2 Å². The van der Waals surface area contributed by atoms with Crippen LogP contribution in [0.3, 0.4) is 0 Å². The van der Waals surface area contributed by atoms with E-state index in [9.17, 15) is 9.59 Å². The van der Waals surface area contributed by atoms with Crippen LogP contribution in [0.2, 0.25) is 0 Å². The van der Waals surface area contributed by atoms with Gasteiger partial charge in [-0.15, -0.1) is 6.58 Å². The first-order chi connectivity index (χ1) is 13.0. The number of fused-ring (bicyclic) bond motifs is 1. The molecule has 138 valence electrons. The lowest BCUT2D eigenvalue weighted by Crippen LogP contribution is -2.53. The van der Waals surface area contributed by atoms with Gasteiger partial charge in [0.25, 0.3) is 11.8 Å². The Kier molecular flexibility index (Phi) is 5.23. The molecule has 0 aliphatic carbocycles. The molecule has 1 N–H and O–H groups in total. The summed E-state index contributed by atoms with van der Waals surface area (Å²) in [5, 5.41) is 4.35. The van der Waals surface area contributed by atoms with Crippen LogP contribution in [0.4, 0.5) is 0 Å². The van der Waals surface area contributed by atoms with E-state index in [1.54, 1.807) is 13.2 Å². The van der Waals surface area contributed by atoms with E-state index >= 15 is 0 Å². The summed E-state index contributed by atoms with van der Waals surface area (Å²) >= 11 is 5.07. The second-order valence-corrected chi connectivity index (χ2v) is 6.18. The second-order valence-electron chi connectivity index (χ2n) is 5.80. The van der Waals surface area contributed by atoms with Gasteiger partial charge in [-0.25, -0.2) is 0 Å². The van der Waals surface area contributed by atoms with E-state index in [0.29, 0.717) is 17.1 Å². The third-order valence-corrected chi connectivity index (χ3v) is 4.53. The van der Waals surface area contributed by atoms with Gasteiger partial charge < -0.3 is 9.47 Å². The number of methoxy groups -OCH3 is 2. The summed E-state index contributed by atoms with van der Waals surface area (Å²) in [6, 6.07) is 9.31. The maximum Gasteiger partial charge on any atom is 0.265 e. The van der Waals surface area contributed by atoms with E-state index in [1.807, 2.05) is 30.3 Å². The van der Waals surface area contributed by atoms with Gasteiger partial charge in [0.2, 0.25) is 0 Å². The van der Waals surface area contributed by atoms with Crippen LogP contribution in [0, 0.1) is 0 Å². The topological polar surface area (TPSA) is 67.9 Å². The lowest BCUT2D eigenvalue weighted by molar-refractivity contribution is -0.128. The lowest BCUT2D eigenvalue weighted by atomic mass is 10.0. The summed E-state index contributed by atoms with van der Waals surface area (Å²) in [6.07, 6.45) is 3.04. The van der Waals surface area contributed by atoms with Gasteiger partial charge >= 0.3 is 0 Å². The molecule has 1 saturated heterocycles. The van der Waals surface area contributed by atoms with Crippen molar-refractivity contribution < 1.29 is 19.1 Å². The maximum atomic E-state index is 12.7. The number of benzene rings is 2. The molecule has 2 aromatic carbocycles. The zero-order valence-electron chi connectivity index (χ0n) is 14.9. The van der Waals surface area contributed by atoms with Crippen molar-refractivity contribution in [1.82, 2.24) is 10.2 Å². The van der Waals surface area contributed by atoms with Crippen molar-refractivity contribution in [1.29, 1.82) is 0 Å². The predicted molar refractivity (Wildman–Crippen MR) is 108 cm³/mol. The Morgan fingerprint density at radius 3 is 2.59 bits per heavy atom. The zero-order chi connectivity index (χ0) is 19.6. The molecule has 1 aliphatic heterocycles. The molecule has 27 heavy (non-hydrogen) atoms.